The zero-order valence-corrected chi connectivity index (χ0v) is 13.5. The van der Waals surface area contributed by atoms with Gasteiger partial charge in [-0.3, -0.25) is 9.78 Å². The SMILES string of the molecule is Cc1nc(C(C)(C)C)oc1CCCNC(=O)c1cnccn1. The second kappa shape index (κ2) is 6.68. The molecule has 1 amide bonds. The van der Waals surface area contributed by atoms with Crippen LogP contribution in [-0.2, 0) is 11.8 Å². The molecule has 0 aliphatic rings. The van der Waals surface area contributed by atoms with Crippen molar-refractivity contribution in [1.82, 2.24) is 20.3 Å². The van der Waals surface area contributed by atoms with E-state index in [-0.39, 0.29) is 11.3 Å². The summed E-state index contributed by atoms with van der Waals surface area (Å²) in [5.74, 6) is 1.43. The molecule has 0 spiro atoms. The summed E-state index contributed by atoms with van der Waals surface area (Å²) in [6.45, 7) is 8.72. The topological polar surface area (TPSA) is 80.9 Å². The van der Waals surface area contributed by atoms with Gasteiger partial charge in [0.15, 0.2) is 5.89 Å². The number of nitrogens with one attached hydrogen (secondary N) is 1. The Balaban J connectivity index is 1.82. The lowest BCUT2D eigenvalue weighted by atomic mass is 9.97. The second-order valence-electron chi connectivity index (χ2n) is 6.23. The van der Waals surface area contributed by atoms with E-state index in [0.717, 1.165) is 30.2 Å². The van der Waals surface area contributed by atoms with Crippen molar-refractivity contribution in [3.05, 3.63) is 41.6 Å². The average Bonchev–Trinajstić information content (AvgIpc) is 2.86. The van der Waals surface area contributed by atoms with Gasteiger partial charge in [-0.15, -0.1) is 0 Å². The molecule has 0 aliphatic heterocycles. The van der Waals surface area contributed by atoms with Gasteiger partial charge in [-0.2, -0.15) is 0 Å². The third-order valence-electron chi connectivity index (χ3n) is 3.20. The molecule has 0 bridgehead atoms. The third-order valence-corrected chi connectivity index (χ3v) is 3.20. The van der Waals surface area contributed by atoms with Crippen LogP contribution < -0.4 is 5.32 Å². The van der Waals surface area contributed by atoms with Crippen molar-refractivity contribution in [3.63, 3.8) is 0 Å². The van der Waals surface area contributed by atoms with E-state index in [1.165, 1.54) is 18.6 Å². The molecular formula is C16H22N4O2. The second-order valence-corrected chi connectivity index (χ2v) is 6.23. The van der Waals surface area contributed by atoms with Crippen LogP contribution in [0.5, 0.6) is 0 Å². The lowest BCUT2D eigenvalue weighted by Crippen LogP contribution is -2.25. The first-order chi connectivity index (χ1) is 10.4. The molecule has 0 radical (unpaired) electrons. The molecule has 0 aliphatic carbocycles. The maximum absolute atomic E-state index is 11.8. The number of hydrogen-bond acceptors (Lipinski definition) is 5. The van der Waals surface area contributed by atoms with Gasteiger partial charge in [0.2, 0.25) is 0 Å². The van der Waals surface area contributed by atoms with Crippen molar-refractivity contribution in [2.75, 3.05) is 6.54 Å². The van der Waals surface area contributed by atoms with Gasteiger partial charge < -0.3 is 9.73 Å². The number of carbonyl (C=O) groups is 1. The summed E-state index contributed by atoms with van der Waals surface area (Å²) in [5, 5.41) is 2.82. The normalized spacial score (nSPS) is 11.5. The minimum atomic E-state index is -0.210. The molecule has 2 aromatic rings. The van der Waals surface area contributed by atoms with Gasteiger partial charge in [0, 0.05) is 30.8 Å². The Kier molecular flexibility index (Phi) is 4.90. The molecule has 6 heteroatoms. The van der Waals surface area contributed by atoms with Crippen molar-refractivity contribution in [3.8, 4) is 0 Å². The molecule has 0 aromatic carbocycles. The van der Waals surface area contributed by atoms with Crippen molar-refractivity contribution < 1.29 is 9.21 Å². The lowest BCUT2D eigenvalue weighted by Gasteiger charge is -2.12. The zero-order valence-electron chi connectivity index (χ0n) is 13.5. The molecule has 118 valence electrons. The summed E-state index contributed by atoms with van der Waals surface area (Å²) in [4.78, 5) is 24.1. The average molecular weight is 302 g/mol. The number of amides is 1. The van der Waals surface area contributed by atoms with Crippen molar-refractivity contribution in [1.29, 1.82) is 0 Å². The number of oxazole rings is 1. The van der Waals surface area contributed by atoms with E-state index in [1.807, 2.05) is 6.92 Å². The molecule has 0 fully saturated rings. The highest BCUT2D eigenvalue weighted by Crippen LogP contribution is 2.24. The largest absolute Gasteiger partial charge is 0.445 e. The summed E-state index contributed by atoms with van der Waals surface area (Å²) in [5.41, 5.74) is 1.15. The molecule has 2 heterocycles. The summed E-state index contributed by atoms with van der Waals surface area (Å²) >= 11 is 0. The first-order valence-corrected chi connectivity index (χ1v) is 7.39. The van der Waals surface area contributed by atoms with Crippen LogP contribution >= 0.6 is 0 Å². The molecule has 0 saturated carbocycles. The predicted octanol–water partition coefficient (Wildman–Crippen LogP) is 2.43. The Morgan fingerprint density at radius 2 is 2.09 bits per heavy atom. The van der Waals surface area contributed by atoms with Crippen LogP contribution in [0.4, 0.5) is 0 Å². The van der Waals surface area contributed by atoms with Gasteiger partial charge in [0.25, 0.3) is 5.91 Å². The van der Waals surface area contributed by atoms with Crippen LogP contribution in [0, 0.1) is 6.92 Å². The predicted molar refractivity (Wildman–Crippen MR) is 82.6 cm³/mol. The Labute approximate surface area is 130 Å². The Morgan fingerprint density at radius 1 is 1.32 bits per heavy atom. The summed E-state index contributed by atoms with van der Waals surface area (Å²) in [6, 6.07) is 0. The molecule has 6 nitrogen and oxygen atoms in total. The summed E-state index contributed by atoms with van der Waals surface area (Å²) in [6.07, 6.45) is 6.02. The summed E-state index contributed by atoms with van der Waals surface area (Å²) in [7, 11) is 0. The third kappa shape index (κ3) is 4.13. The minimum absolute atomic E-state index is 0.0940. The number of nitrogens with zero attached hydrogens (tertiary/aromatic N) is 3. The van der Waals surface area contributed by atoms with Gasteiger partial charge in [0.1, 0.15) is 11.5 Å². The van der Waals surface area contributed by atoms with E-state index in [0.29, 0.717) is 12.2 Å². The molecule has 0 atom stereocenters. The van der Waals surface area contributed by atoms with Gasteiger partial charge in [-0.1, -0.05) is 20.8 Å². The Morgan fingerprint density at radius 3 is 2.68 bits per heavy atom. The van der Waals surface area contributed by atoms with E-state index >= 15 is 0 Å². The molecule has 2 rings (SSSR count). The van der Waals surface area contributed by atoms with E-state index in [1.54, 1.807) is 0 Å². The highest BCUT2D eigenvalue weighted by molar-refractivity contribution is 5.91. The fourth-order valence-corrected chi connectivity index (χ4v) is 1.94. The fourth-order valence-electron chi connectivity index (χ4n) is 1.94. The van der Waals surface area contributed by atoms with Gasteiger partial charge in [-0.05, 0) is 13.3 Å². The van der Waals surface area contributed by atoms with Crippen LogP contribution in [0.1, 0.15) is 55.0 Å². The highest BCUT2D eigenvalue weighted by atomic mass is 16.4. The molecular weight excluding hydrogens is 280 g/mol. The summed E-state index contributed by atoms with van der Waals surface area (Å²) < 4.78 is 5.82. The first kappa shape index (κ1) is 16.1. The molecule has 22 heavy (non-hydrogen) atoms. The molecule has 0 unspecified atom stereocenters. The lowest BCUT2D eigenvalue weighted by molar-refractivity contribution is 0.0947. The number of aryl methyl sites for hydroxylation is 2. The molecule has 0 saturated heterocycles. The van der Waals surface area contributed by atoms with Gasteiger partial charge in [0.05, 0.1) is 11.9 Å². The van der Waals surface area contributed by atoms with Gasteiger partial charge in [-0.25, -0.2) is 9.97 Å². The van der Waals surface area contributed by atoms with E-state index in [4.69, 9.17) is 4.42 Å². The molecule has 2 aromatic heterocycles. The van der Waals surface area contributed by atoms with Crippen molar-refractivity contribution in [2.45, 2.75) is 46.0 Å². The number of hydrogen-bond donors (Lipinski definition) is 1. The zero-order chi connectivity index (χ0) is 16.2. The number of carbonyl (C=O) groups excluding carboxylic acids is 1. The minimum Gasteiger partial charge on any atom is -0.445 e. The van der Waals surface area contributed by atoms with E-state index in [9.17, 15) is 4.79 Å². The van der Waals surface area contributed by atoms with E-state index < -0.39 is 0 Å². The standard InChI is InChI=1S/C16H22N4O2/c1-11-13(22-15(20-11)16(2,3)4)6-5-7-19-14(21)12-10-17-8-9-18-12/h8-10H,5-7H2,1-4H3,(H,19,21). The van der Waals surface area contributed by atoms with Crippen LogP contribution in [0.15, 0.2) is 23.0 Å². The van der Waals surface area contributed by atoms with Gasteiger partial charge >= 0.3 is 0 Å². The van der Waals surface area contributed by atoms with Crippen LogP contribution in [0.2, 0.25) is 0 Å². The maximum atomic E-state index is 11.8. The number of rotatable bonds is 5. The maximum Gasteiger partial charge on any atom is 0.271 e. The molecule has 1 N–H and O–H groups in total. The smallest absolute Gasteiger partial charge is 0.271 e. The first-order valence-electron chi connectivity index (χ1n) is 7.39. The quantitative estimate of drug-likeness (QED) is 0.858. The number of aromatic nitrogens is 3. The monoisotopic (exact) mass is 302 g/mol. The van der Waals surface area contributed by atoms with Crippen LogP contribution in [-0.4, -0.2) is 27.4 Å². The van der Waals surface area contributed by atoms with E-state index in [2.05, 4.69) is 41.0 Å². The fraction of sp³-hybridized carbons (Fsp3) is 0.500. The van der Waals surface area contributed by atoms with Crippen molar-refractivity contribution in [2.24, 2.45) is 0 Å². The van der Waals surface area contributed by atoms with Crippen molar-refractivity contribution >= 4 is 5.91 Å². The Hall–Kier alpha value is -2.24. The highest BCUT2D eigenvalue weighted by Gasteiger charge is 2.22. The Bertz CT molecular complexity index is 629. The van der Waals surface area contributed by atoms with Crippen LogP contribution in [0.3, 0.4) is 0 Å². The van der Waals surface area contributed by atoms with Crippen LogP contribution in [0.25, 0.3) is 0 Å².